The van der Waals surface area contributed by atoms with Gasteiger partial charge in [-0.3, -0.25) is 14.5 Å². The largest absolute Gasteiger partial charge is 0.324 e. The van der Waals surface area contributed by atoms with Crippen molar-refractivity contribution in [2.75, 3.05) is 18.1 Å². The van der Waals surface area contributed by atoms with Crippen LogP contribution in [-0.2, 0) is 4.79 Å². The Bertz CT molecular complexity index is 1020. The first-order chi connectivity index (χ1) is 14.1. The molecule has 0 N–H and O–H groups in total. The van der Waals surface area contributed by atoms with Crippen molar-refractivity contribution in [3.63, 3.8) is 0 Å². The molecule has 5 heteroatoms. The molecule has 3 aromatic carbocycles. The maximum Gasteiger partial charge on any atom is 0.259 e. The molecule has 0 saturated carbocycles. The lowest BCUT2D eigenvalue weighted by molar-refractivity contribution is -0.127. The number of amides is 2. The summed E-state index contributed by atoms with van der Waals surface area (Å²) in [6.45, 7) is 0.884. The number of halogens is 1. The zero-order valence-corrected chi connectivity index (χ0v) is 16.7. The standard InChI is InChI=1S/C24H21ClN2O2/c25-21-8-4-9-22(16-21)27(17-26-15-5-10-23(26)28)24(29)20-13-11-19(12-14-20)18-6-2-1-3-7-18/h1-4,6-9,11-14,16H,5,10,15,17H2. The Morgan fingerprint density at radius 2 is 1.66 bits per heavy atom. The Balaban J connectivity index is 1.63. The van der Waals surface area contributed by atoms with Crippen LogP contribution in [0.4, 0.5) is 5.69 Å². The summed E-state index contributed by atoms with van der Waals surface area (Å²) >= 11 is 6.16. The second-order valence-electron chi connectivity index (χ2n) is 7.06. The third-order valence-electron chi connectivity index (χ3n) is 5.09. The van der Waals surface area contributed by atoms with E-state index >= 15 is 0 Å². The van der Waals surface area contributed by atoms with E-state index in [1.54, 1.807) is 21.9 Å². The lowest BCUT2D eigenvalue weighted by Gasteiger charge is -2.28. The number of nitrogens with zero attached hydrogens (tertiary/aromatic N) is 2. The summed E-state index contributed by atoms with van der Waals surface area (Å²) in [5.74, 6) is -0.0872. The van der Waals surface area contributed by atoms with Crippen molar-refractivity contribution in [2.45, 2.75) is 12.8 Å². The van der Waals surface area contributed by atoms with Crippen LogP contribution in [0.3, 0.4) is 0 Å². The maximum atomic E-state index is 13.3. The number of benzene rings is 3. The molecule has 1 aliphatic rings. The number of carbonyl (C=O) groups excluding carboxylic acids is 2. The Morgan fingerprint density at radius 1 is 0.931 bits per heavy atom. The molecule has 29 heavy (non-hydrogen) atoms. The Morgan fingerprint density at radius 3 is 2.31 bits per heavy atom. The SMILES string of the molecule is O=C1CCCN1CN(C(=O)c1ccc(-c2ccccc2)cc1)c1cccc(Cl)c1. The first kappa shape index (κ1) is 19.2. The van der Waals surface area contributed by atoms with Crippen LogP contribution in [0.15, 0.2) is 78.9 Å². The van der Waals surface area contributed by atoms with Gasteiger partial charge in [-0.05, 0) is 47.9 Å². The summed E-state index contributed by atoms with van der Waals surface area (Å²) in [7, 11) is 0. The molecule has 0 aromatic heterocycles. The van der Waals surface area contributed by atoms with E-state index in [1.807, 2.05) is 66.7 Å². The molecule has 1 heterocycles. The minimum Gasteiger partial charge on any atom is -0.324 e. The quantitative estimate of drug-likeness (QED) is 0.584. The first-order valence-corrected chi connectivity index (χ1v) is 10.0. The molecule has 0 radical (unpaired) electrons. The minimum absolute atomic E-state index is 0.0734. The molecule has 0 spiro atoms. The lowest BCUT2D eigenvalue weighted by atomic mass is 10.0. The zero-order chi connectivity index (χ0) is 20.2. The Labute approximate surface area is 175 Å². The fourth-order valence-electron chi connectivity index (χ4n) is 3.52. The molecular weight excluding hydrogens is 384 g/mol. The van der Waals surface area contributed by atoms with E-state index in [1.165, 1.54) is 0 Å². The number of hydrogen-bond acceptors (Lipinski definition) is 2. The van der Waals surface area contributed by atoms with Gasteiger partial charge >= 0.3 is 0 Å². The molecule has 1 saturated heterocycles. The molecule has 1 fully saturated rings. The topological polar surface area (TPSA) is 40.6 Å². The normalized spacial score (nSPS) is 13.6. The maximum absolute atomic E-state index is 13.3. The van der Waals surface area contributed by atoms with Crippen molar-refractivity contribution in [1.82, 2.24) is 4.90 Å². The molecule has 0 unspecified atom stereocenters. The Kier molecular flexibility index (Phi) is 5.63. The molecule has 4 nitrogen and oxygen atoms in total. The predicted octanol–water partition coefficient (Wildman–Crippen LogP) is 5.23. The second-order valence-corrected chi connectivity index (χ2v) is 7.50. The van der Waals surface area contributed by atoms with Crippen molar-refractivity contribution in [3.05, 3.63) is 89.4 Å². The summed E-state index contributed by atoms with van der Waals surface area (Å²) in [5.41, 5.74) is 3.39. The first-order valence-electron chi connectivity index (χ1n) is 9.62. The Hall–Kier alpha value is -3.11. The number of anilines is 1. The highest BCUT2D eigenvalue weighted by Crippen LogP contribution is 2.25. The number of hydrogen-bond donors (Lipinski definition) is 0. The van der Waals surface area contributed by atoms with Crippen LogP contribution in [0.1, 0.15) is 23.2 Å². The molecule has 3 aromatic rings. The van der Waals surface area contributed by atoms with E-state index in [4.69, 9.17) is 11.6 Å². The number of carbonyl (C=O) groups is 2. The lowest BCUT2D eigenvalue weighted by Crippen LogP contribution is -2.42. The van der Waals surface area contributed by atoms with E-state index in [2.05, 4.69) is 0 Å². The van der Waals surface area contributed by atoms with Gasteiger partial charge in [0, 0.05) is 29.2 Å². The fourth-order valence-corrected chi connectivity index (χ4v) is 3.71. The summed E-state index contributed by atoms with van der Waals surface area (Å²) in [6, 6.07) is 24.7. The van der Waals surface area contributed by atoms with Crippen molar-refractivity contribution in [1.29, 1.82) is 0 Å². The molecule has 0 bridgehead atoms. The second kappa shape index (κ2) is 8.50. The van der Waals surface area contributed by atoms with Gasteiger partial charge < -0.3 is 4.90 Å². The van der Waals surface area contributed by atoms with Gasteiger partial charge in [0.2, 0.25) is 5.91 Å². The van der Waals surface area contributed by atoms with E-state index in [-0.39, 0.29) is 18.5 Å². The predicted molar refractivity (Wildman–Crippen MR) is 116 cm³/mol. The number of likely N-dealkylation sites (tertiary alicyclic amines) is 1. The van der Waals surface area contributed by atoms with Crippen molar-refractivity contribution >= 4 is 29.1 Å². The molecule has 2 amide bonds. The summed E-state index contributed by atoms with van der Waals surface area (Å²) in [6.07, 6.45) is 1.35. The van der Waals surface area contributed by atoms with E-state index < -0.39 is 0 Å². The van der Waals surface area contributed by atoms with Crippen LogP contribution >= 0.6 is 11.6 Å². The van der Waals surface area contributed by atoms with E-state index in [9.17, 15) is 9.59 Å². The van der Waals surface area contributed by atoms with Gasteiger partial charge in [0.25, 0.3) is 5.91 Å². The van der Waals surface area contributed by atoms with E-state index in [0.717, 1.165) is 17.5 Å². The molecular formula is C24H21ClN2O2. The third kappa shape index (κ3) is 4.33. The highest BCUT2D eigenvalue weighted by atomic mass is 35.5. The molecule has 4 rings (SSSR count). The van der Waals surface area contributed by atoms with E-state index in [0.29, 0.717) is 29.2 Å². The van der Waals surface area contributed by atoms with Gasteiger partial charge in [0.1, 0.15) is 6.67 Å². The zero-order valence-electron chi connectivity index (χ0n) is 15.9. The van der Waals surface area contributed by atoms with Crippen molar-refractivity contribution < 1.29 is 9.59 Å². The number of rotatable bonds is 5. The average Bonchev–Trinajstić information content (AvgIpc) is 3.17. The van der Waals surface area contributed by atoms with Crippen molar-refractivity contribution in [2.24, 2.45) is 0 Å². The third-order valence-corrected chi connectivity index (χ3v) is 5.32. The average molecular weight is 405 g/mol. The molecule has 146 valence electrons. The summed E-state index contributed by atoms with van der Waals surface area (Å²) < 4.78 is 0. The molecule has 1 aliphatic heterocycles. The van der Waals surface area contributed by atoms with Gasteiger partial charge in [-0.2, -0.15) is 0 Å². The molecule has 0 aliphatic carbocycles. The van der Waals surface area contributed by atoms with Crippen molar-refractivity contribution in [3.8, 4) is 11.1 Å². The highest BCUT2D eigenvalue weighted by Gasteiger charge is 2.26. The summed E-state index contributed by atoms with van der Waals surface area (Å²) in [5, 5.41) is 0.549. The summed E-state index contributed by atoms with van der Waals surface area (Å²) in [4.78, 5) is 28.8. The van der Waals surface area contributed by atoms with Crippen LogP contribution in [0.5, 0.6) is 0 Å². The molecule has 0 atom stereocenters. The highest BCUT2D eigenvalue weighted by molar-refractivity contribution is 6.31. The fraction of sp³-hybridized carbons (Fsp3) is 0.167. The van der Waals surface area contributed by atoms with Gasteiger partial charge in [-0.25, -0.2) is 0 Å². The van der Waals surface area contributed by atoms with Crippen LogP contribution in [0.25, 0.3) is 11.1 Å². The smallest absolute Gasteiger partial charge is 0.259 e. The van der Waals surface area contributed by atoms with Crippen LogP contribution < -0.4 is 4.90 Å². The van der Waals surface area contributed by atoms with Crippen LogP contribution in [0, 0.1) is 0 Å². The van der Waals surface area contributed by atoms with Gasteiger partial charge in [0.05, 0.1) is 0 Å². The van der Waals surface area contributed by atoms with Gasteiger partial charge in [-0.15, -0.1) is 0 Å². The van der Waals surface area contributed by atoms with Crippen LogP contribution in [-0.4, -0.2) is 29.9 Å². The van der Waals surface area contributed by atoms with Crippen LogP contribution in [0.2, 0.25) is 5.02 Å². The minimum atomic E-state index is -0.161. The van der Waals surface area contributed by atoms with Gasteiger partial charge in [-0.1, -0.05) is 60.1 Å². The van der Waals surface area contributed by atoms with Gasteiger partial charge in [0.15, 0.2) is 0 Å². The monoisotopic (exact) mass is 404 g/mol.